The van der Waals surface area contributed by atoms with Gasteiger partial charge in [-0.3, -0.25) is 0 Å². The molecule has 1 aromatic carbocycles. The summed E-state index contributed by atoms with van der Waals surface area (Å²) in [5.74, 6) is 0.835. The van der Waals surface area contributed by atoms with Crippen molar-refractivity contribution in [3.63, 3.8) is 0 Å². The van der Waals surface area contributed by atoms with Crippen molar-refractivity contribution in [3.8, 4) is 5.75 Å². The van der Waals surface area contributed by atoms with Crippen LogP contribution in [0.25, 0.3) is 0 Å². The number of benzene rings is 1. The summed E-state index contributed by atoms with van der Waals surface area (Å²) in [5, 5.41) is 2.11. The average Bonchev–Trinajstić information content (AvgIpc) is 2.76. The molecule has 0 saturated carbocycles. The fraction of sp³-hybridized carbons (Fsp3) is 0.286. The van der Waals surface area contributed by atoms with Crippen LogP contribution in [0, 0.1) is 6.92 Å². The van der Waals surface area contributed by atoms with Crippen molar-refractivity contribution in [1.29, 1.82) is 0 Å². The van der Waals surface area contributed by atoms with E-state index in [1.807, 2.05) is 31.2 Å². The molecule has 0 radical (unpaired) electrons. The fourth-order valence-corrected chi connectivity index (χ4v) is 2.77. The predicted molar refractivity (Wildman–Crippen MR) is 72.7 cm³/mol. The lowest BCUT2D eigenvalue weighted by Crippen LogP contribution is -2.34. The van der Waals surface area contributed by atoms with Gasteiger partial charge < -0.3 is 10.5 Å². The van der Waals surface area contributed by atoms with Crippen LogP contribution in [0.5, 0.6) is 5.75 Å². The lowest BCUT2D eigenvalue weighted by molar-refractivity contribution is 0.399. The summed E-state index contributed by atoms with van der Waals surface area (Å²) in [4.78, 5) is 1.27. The molecule has 0 aliphatic carbocycles. The van der Waals surface area contributed by atoms with Crippen molar-refractivity contribution >= 4 is 11.3 Å². The number of thiophene rings is 1. The standard InChI is InChI=1S/C14H17NOS/c1-10-8-11(9-17-10)14(2,15)12-6-4-5-7-13(12)16-3/h4-9H,15H2,1-3H3. The van der Waals surface area contributed by atoms with Crippen LogP contribution in [0.1, 0.15) is 22.9 Å². The zero-order chi connectivity index (χ0) is 12.5. The highest BCUT2D eigenvalue weighted by atomic mass is 32.1. The van der Waals surface area contributed by atoms with Crippen LogP contribution in [-0.2, 0) is 5.54 Å². The third-order valence-corrected chi connectivity index (χ3v) is 3.86. The number of aryl methyl sites for hydroxylation is 1. The topological polar surface area (TPSA) is 35.2 Å². The van der Waals surface area contributed by atoms with Crippen molar-refractivity contribution in [2.45, 2.75) is 19.4 Å². The Morgan fingerprint density at radius 3 is 2.59 bits per heavy atom. The Kier molecular flexibility index (Phi) is 3.22. The Balaban J connectivity index is 2.50. The summed E-state index contributed by atoms with van der Waals surface area (Å²) in [6, 6.07) is 10.0. The molecule has 0 fully saturated rings. The molecule has 0 bridgehead atoms. The number of hydrogen-bond acceptors (Lipinski definition) is 3. The molecule has 1 atom stereocenters. The van der Waals surface area contributed by atoms with E-state index in [4.69, 9.17) is 10.5 Å². The van der Waals surface area contributed by atoms with Crippen molar-refractivity contribution in [3.05, 3.63) is 51.7 Å². The second kappa shape index (κ2) is 4.51. The van der Waals surface area contributed by atoms with Crippen LogP contribution >= 0.6 is 11.3 Å². The molecule has 90 valence electrons. The van der Waals surface area contributed by atoms with Crippen molar-refractivity contribution < 1.29 is 4.74 Å². The summed E-state index contributed by atoms with van der Waals surface area (Å²) in [6.45, 7) is 4.11. The highest BCUT2D eigenvalue weighted by Crippen LogP contribution is 2.34. The van der Waals surface area contributed by atoms with Crippen LogP contribution < -0.4 is 10.5 Å². The second-order valence-corrected chi connectivity index (χ2v) is 5.46. The first-order valence-corrected chi connectivity index (χ1v) is 6.41. The van der Waals surface area contributed by atoms with Crippen molar-refractivity contribution in [2.24, 2.45) is 5.73 Å². The molecule has 2 aromatic rings. The number of para-hydroxylation sites is 1. The van der Waals surface area contributed by atoms with E-state index in [2.05, 4.69) is 18.4 Å². The maximum absolute atomic E-state index is 6.48. The lowest BCUT2D eigenvalue weighted by atomic mass is 9.86. The van der Waals surface area contributed by atoms with Gasteiger partial charge in [0.05, 0.1) is 12.6 Å². The molecule has 0 aliphatic heterocycles. The smallest absolute Gasteiger partial charge is 0.124 e. The SMILES string of the molecule is COc1ccccc1C(C)(N)c1csc(C)c1. The molecule has 0 saturated heterocycles. The Morgan fingerprint density at radius 1 is 1.29 bits per heavy atom. The van der Waals surface area contributed by atoms with Gasteiger partial charge in [-0.05, 0) is 36.9 Å². The van der Waals surface area contributed by atoms with Crippen LogP contribution in [0.3, 0.4) is 0 Å². The summed E-state index contributed by atoms with van der Waals surface area (Å²) >= 11 is 1.72. The number of methoxy groups -OCH3 is 1. The van der Waals surface area contributed by atoms with Gasteiger partial charge in [-0.25, -0.2) is 0 Å². The van der Waals surface area contributed by atoms with Crippen molar-refractivity contribution in [1.82, 2.24) is 0 Å². The molecule has 2 rings (SSSR count). The molecular weight excluding hydrogens is 230 g/mol. The average molecular weight is 247 g/mol. The van der Waals surface area contributed by atoms with Gasteiger partial charge in [0.2, 0.25) is 0 Å². The summed E-state index contributed by atoms with van der Waals surface area (Å²) in [5.41, 5.74) is 8.10. The van der Waals surface area contributed by atoms with Crippen LogP contribution in [0.15, 0.2) is 35.7 Å². The van der Waals surface area contributed by atoms with Crippen molar-refractivity contribution in [2.75, 3.05) is 7.11 Å². The molecule has 17 heavy (non-hydrogen) atoms. The predicted octanol–water partition coefficient (Wildman–Crippen LogP) is 3.29. The molecular formula is C14H17NOS. The molecule has 1 aromatic heterocycles. The van der Waals surface area contributed by atoms with E-state index in [1.165, 1.54) is 4.88 Å². The highest BCUT2D eigenvalue weighted by molar-refractivity contribution is 7.10. The maximum atomic E-state index is 6.48. The van der Waals surface area contributed by atoms with Crippen LogP contribution in [0.2, 0.25) is 0 Å². The van der Waals surface area contributed by atoms with E-state index < -0.39 is 5.54 Å². The van der Waals surface area contributed by atoms with Gasteiger partial charge in [0, 0.05) is 10.4 Å². The van der Waals surface area contributed by atoms with E-state index in [-0.39, 0.29) is 0 Å². The minimum Gasteiger partial charge on any atom is -0.496 e. The molecule has 0 spiro atoms. The van der Waals surface area contributed by atoms with E-state index in [0.717, 1.165) is 16.9 Å². The molecule has 3 heteroatoms. The Bertz CT molecular complexity index is 516. The highest BCUT2D eigenvalue weighted by Gasteiger charge is 2.27. The normalized spacial score (nSPS) is 14.4. The molecule has 0 amide bonds. The van der Waals surface area contributed by atoms with E-state index in [0.29, 0.717) is 0 Å². The summed E-state index contributed by atoms with van der Waals surface area (Å²) in [7, 11) is 1.67. The zero-order valence-corrected chi connectivity index (χ0v) is 11.2. The third-order valence-electron chi connectivity index (χ3n) is 3.00. The minimum atomic E-state index is -0.517. The Morgan fingerprint density at radius 2 is 2.00 bits per heavy atom. The first-order chi connectivity index (χ1) is 8.05. The van der Waals surface area contributed by atoms with E-state index in [1.54, 1.807) is 18.4 Å². The second-order valence-electron chi connectivity index (χ2n) is 4.35. The first-order valence-electron chi connectivity index (χ1n) is 5.53. The minimum absolute atomic E-state index is 0.517. The maximum Gasteiger partial charge on any atom is 0.124 e. The zero-order valence-electron chi connectivity index (χ0n) is 10.4. The van der Waals surface area contributed by atoms with Gasteiger partial charge in [-0.1, -0.05) is 18.2 Å². The Labute approximate surface area is 106 Å². The Hall–Kier alpha value is -1.32. The molecule has 1 heterocycles. The summed E-state index contributed by atoms with van der Waals surface area (Å²) in [6.07, 6.45) is 0. The van der Waals surface area contributed by atoms with Gasteiger partial charge in [0.1, 0.15) is 5.75 Å². The van der Waals surface area contributed by atoms with Gasteiger partial charge >= 0.3 is 0 Å². The monoisotopic (exact) mass is 247 g/mol. The molecule has 2 nitrogen and oxygen atoms in total. The molecule has 0 aliphatic rings. The van der Waals surface area contributed by atoms with Gasteiger partial charge in [0.25, 0.3) is 0 Å². The number of ether oxygens (including phenoxy) is 1. The van der Waals surface area contributed by atoms with Gasteiger partial charge in [-0.2, -0.15) is 0 Å². The van der Waals surface area contributed by atoms with Gasteiger partial charge in [-0.15, -0.1) is 11.3 Å². The number of rotatable bonds is 3. The first kappa shape index (κ1) is 12.1. The number of nitrogens with two attached hydrogens (primary N) is 1. The fourth-order valence-electron chi connectivity index (χ4n) is 1.94. The van der Waals surface area contributed by atoms with Crippen LogP contribution in [-0.4, -0.2) is 7.11 Å². The van der Waals surface area contributed by atoms with E-state index in [9.17, 15) is 0 Å². The van der Waals surface area contributed by atoms with Crippen LogP contribution in [0.4, 0.5) is 0 Å². The lowest BCUT2D eigenvalue weighted by Gasteiger charge is -2.26. The summed E-state index contributed by atoms with van der Waals surface area (Å²) < 4.78 is 5.38. The molecule has 2 N–H and O–H groups in total. The quantitative estimate of drug-likeness (QED) is 0.903. The van der Waals surface area contributed by atoms with E-state index >= 15 is 0 Å². The largest absolute Gasteiger partial charge is 0.496 e. The number of hydrogen-bond donors (Lipinski definition) is 1. The van der Waals surface area contributed by atoms with Gasteiger partial charge in [0.15, 0.2) is 0 Å². The third kappa shape index (κ3) is 2.21. The molecule has 1 unspecified atom stereocenters.